The number of hydrogen-bond donors (Lipinski definition) is 0. The third-order valence-electron chi connectivity index (χ3n) is 13.1. The van der Waals surface area contributed by atoms with Gasteiger partial charge < -0.3 is 42.6 Å². The number of methoxy groups -OCH3 is 1. The van der Waals surface area contributed by atoms with E-state index in [2.05, 4.69) is 42.2 Å². The average molecular weight is 1240 g/mol. The highest BCUT2D eigenvalue weighted by atomic mass is 127. The molecule has 12 nitrogen and oxygen atoms in total. The number of alkyl halides is 1. The number of carbonyl (C=O) groups excluding carboxylic acids is 3. The van der Waals surface area contributed by atoms with Crippen LogP contribution in [0.2, 0.25) is 25.7 Å². The van der Waals surface area contributed by atoms with E-state index < -0.39 is 73.8 Å². The van der Waals surface area contributed by atoms with Gasteiger partial charge in [-0.05, 0) is 151 Å². The van der Waals surface area contributed by atoms with Crippen LogP contribution >= 0.6 is 22.6 Å². The van der Waals surface area contributed by atoms with Gasteiger partial charge in [0.15, 0.2) is 23.8 Å². The van der Waals surface area contributed by atoms with Crippen LogP contribution in [0.4, 0.5) is 8.78 Å². The van der Waals surface area contributed by atoms with Gasteiger partial charge in [0.05, 0.1) is 55.3 Å². The fourth-order valence-corrected chi connectivity index (χ4v) is 10.3. The minimum absolute atomic E-state index is 0.229. The fraction of sp³-hybridized carbons (Fsp3) is 0.484. The van der Waals surface area contributed by atoms with E-state index in [-0.39, 0.29) is 30.2 Å². The van der Waals surface area contributed by atoms with Crippen LogP contribution in [0, 0.1) is 19.8 Å². The molecule has 2 aliphatic heterocycles. The predicted molar refractivity (Wildman–Crippen MR) is 320 cm³/mol. The molecule has 2 saturated heterocycles. The van der Waals surface area contributed by atoms with E-state index in [0.717, 1.165) is 38.5 Å². The third kappa shape index (κ3) is 21.0. The molecule has 0 amide bonds. The maximum Gasteiger partial charge on any atom is 0.338 e. The van der Waals surface area contributed by atoms with Gasteiger partial charge in [-0.2, -0.15) is 0 Å². The van der Waals surface area contributed by atoms with Crippen molar-refractivity contribution in [3.63, 3.8) is 0 Å². The van der Waals surface area contributed by atoms with Crippen molar-refractivity contribution >= 4 is 54.6 Å². The van der Waals surface area contributed by atoms with E-state index in [1.807, 2.05) is 89.2 Å². The van der Waals surface area contributed by atoms with Crippen molar-refractivity contribution in [2.45, 2.75) is 175 Å². The third-order valence-corrected chi connectivity index (χ3v) is 15.4. The van der Waals surface area contributed by atoms with Crippen LogP contribution in [0.1, 0.15) is 127 Å². The summed E-state index contributed by atoms with van der Waals surface area (Å²) in [7, 11) is 0.228. The first-order valence-electron chi connectivity index (χ1n) is 27.5. The molecule has 7 atom stereocenters. The summed E-state index contributed by atoms with van der Waals surface area (Å²) in [6.07, 6.45) is 2.82. The molecule has 16 heteroatoms. The first-order chi connectivity index (χ1) is 37.8. The number of halogens is 3. The lowest BCUT2D eigenvalue weighted by atomic mass is 9.97. The predicted octanol–water partition coefficient (Wildman–Crippen LogP) is 15.3. The summed E-state index contributed by atoms with van der Waals surface area (Å²) in [5, 5.41) is 0. The molecule has 2 heterocycles. The highest BCUT2D eigenvalue weighted by Crippen LogP contribution is 2.38. The Bertz CT molecular complexity index is 2710. The summed E-state index contributed by atoms with van der Waals surface area (Å²) in [5.74, 6) is -3.65. The van der Waals surface area contributed by atoms with E-state index >= 15 is 8.78 Å². The molecule has 6 unspecified atom stereocenters. The maximum atomic E-state index is 16.3. The minimum Gasteiger partial charge on any atom is -0.497 e. The van der Waals surface area contributed by atoms with E-state index in [9.17, 15) is 14.4 Å². The Balaban J connectivity index is 0.000000364. The van der Waals surface area contributed by atoms with Crippen molar-refractivity contribution in [2.24, 2.45) is 5.92 Å². The van der Waals surface area contributed by atoms with E-state index in [0.29, 0.717) is 49.5 Å². The Morgan fingerprint density at radius 2 is 1.24 bits per heavy atom. The fourth-order valence-electron chi connectivity index (χ4n) is 8.98. The SMILES string of the molecule is CC(C)C/C=C(/F)C(OC(=O)c1ccccc1)C1OC(C)(C)OC1CCI.COc1ccc(COC(C)C/C=C(/F)C(OC(=O)c2ccccc2)C2OC(C)(C)O[C@H]2C/C=C/c2cc(C)cc(C)c2C(=O)OCC[Si](C)(C)C)cc1. The van der Waals surface area contributed by atoms with Crippen molar-refractivity contribution in [3.05, 3.63) is 166 Å². The Morgan fingerprint density at radius 1 is 0.713 bits per heavy atom. The van der Waals surface area contributed by atoms with Crippen LogP contribution in [-0.4, -0.2) is 98.4 Å². The second-order valence-corrected chi connectivity index (χ2v) is 29.5. The van der Waals surface area contributed by atoms with Crippen LogP contribution < -0.4 is 4.74 Å². The molecule has 4 aromatic rings. The van der Waals surface area contributed by atoms with Gasteiger partial charge >= 0.3 is 17.9 Å². The number of esters is 3. The van der Waals surface area contributed by atoms with Crippen LogP contribution in [0.15, 0.2) is 127 Å². The summed E-state index contributed by atoms with van der Waals surface area (Å²) in [5.41, 5.74) is 4.68. The van der Waals surface area contributed by atoms with E-state index in [4.69, 9.17) is 42.6 Å². The zero-order chi connectivity index (χ0) is 58.8. The number of carbonyl (C=O) groups is 3. The number of hydrogen-bond acceptors (Lipinski definition) is 12. The summed E-state index contributed by atoms with van der Waals surface area (Å²) >= 11 is 2.25. The smallest absolute Gasteiger partial charge is 0.338 e. The van der Waals surface area contributed by atoms with Crippen LogP contribution in [-0.2, 0) is 44.5 Å². The van der Waals surface area contributed by atoms with Gasteiger partial charge in [0.1, 0.15) is 29.6 Å². The maximum absolute atomic E-state index is 16.3. The Morgan fingerprint density at radius 3 is 1.75 bits per heavy atom. The van der Waals surface area contributed by atoms with Gasteiger partial charge in [-0.25, -0.2) is 23.2 Å². The molecule has 2 fully saturated rings. The summed E-state index contributed by atoms with van der Waals surface area (Å²) in [6.45, 7) is 24.3. The van der Waals surface area contributed by atoms with Gasteiger partial charge in [0.2, 0.25) is 0 Å². The van der Waals surface area contributed by atoms with Crippen molar-refractivity contribution < 1.29 is 65.8 Å². The molecule has 0 radical (unpaired) electrons. The average Bonchev–Trinajstić information content (AvgIpc) is 3.89. The zero-order valence-electron chi connectivity index (χ0n) is 48.9. The molecule has 4 aromatic carbocycles. The first kappa shape index (κ1) is 65.7. The lowest BCUT2D eigenvalue weighted by molar-refractivity contribution is -0.154. The van der Waals surface area contributed by atoms with Gasteiger partial charge in [-0.15, -0.1) is 0 Å². The Hall–Kier alpha value is -5.08. The standard InChI is InChI=1S/C43H55FO8Si.C21H28FIO4/c1-29-26-30(2)38(42(46)48-24-25-53(7,8)9)34(27-29)16-13-17-37-40(52-43(4,5)51-37)39(50-41(45)33-14-11-10-12-15-33)36(44)23-18-31(3)49-28-32-19-21-35(47-6)22-20-32;1-14(2)10-11-16(22)18(25-20(24)15-8-6-5-7-9-15)19-17(12-13-23)26-21(3,4)27-19/h10-16,19-23,26-27,31,37,39-40H,17-18,24-25,28H2,1-9H3;5-9,11,14,17-19H,10,12-13H2,1-4H3/b16-13+,36-23+;16-11+/t31?,37-,39?,40?;/m0./s1. The highest BCUT2D eigenvalue weighted by Gasteiger charge is 2.49. The lowest BCUT2D eigenvalue weighted by Gasteiger charge is -2.25. The highest BCUT2D eigenvalue weighted by molar-refractivity contribution is 14.1. The molecule has 80 heavy (non-hydrogen) atoms. The molecule has 0 bridgehead atoms. The van der Waals surface area contributed by atoms with Crippen molar-refractivity contribution in [1.82, 2.24) is 0 Å². The normalized spacial score (nSPS) is 20.2. The molecular weight excluding hydrogens is 1150 g/mol. The summed E-state index contributed by atoms with van der Waals surface area (Å²) in [6, 6.07) is 29.4. The van der Waals surface area contributed by atoms with Crippen LogP contribution in [0.3, 0.4) is 0 Å². The van der Waals surface area contributed by atoms with Crippen molar-refractivity contribution in [3.8, 4) is 5.75 Å². The number of rotatable bonds is 25. The minimum atomic E-state index is -1.39. The molecule has 0 spiro atoms. The quantitative estimate of drug-likeness (QED) is 0.0206. The molecule has 0 N–H and O–H groups in total. The number of aryl methyl sites for hydroxylation is 2. The van der Waals surface area contributed by atoms with Crippen LogP contribution in [0.5, 0.6) is 5.75 Å². The van der Waals surface area contributed by atoms with Gasteiger partial charge in [0.25, 0.3) is 0 Å². The number of benzene rings is 4. The lowest BCUT2D eigenvalue weighted by Crippen LogP contribution is -2.39. The molecule has 0 saturated carbocycles. The molecule has 0 aromatic heterocycles. The van der Waals surface area contributed by atoms with Crippen molar-refractivity contribution in [1.29, 1.82) is 0 Å². The first-order valence-corrected chi connectivity index (χ1v) is 32.7. The van der Waals surface area contributed by atoms with Gasteiger partial charge in [0, 0.05) is 12.5 Å². The van der Waals surface area contributed by atoms with E-state index in [1.165, 1.54) is 12.2 Å². The van der Waals surface area contributed by atoms with Gasteiger partial charge in [-0.1, -0.05) is 134 Å². The summed E-state index contributed by atoms with van der Waals surface area (Å²) in [4.78, 5) is 39.2. The number of allylic oxidation sites excluding steroid dienone is 1. The molecule has 0 aliphatic carbocycles. The van der Waals surface area contributed by atoms with Crippen molar-refractivity contribution in [2.75, 3.05) is 18.1 Å². The zero-order valence-corrected chi connectivity index (χ0v) is 52.0. The molecule has 6 rings (SSSR count). The summed E-state index contributed by atoms with van der Waals surface area (Å²) < 4.78 is 85.0. The van der Waals surface area contributed by atoms with Crippen LogP contribution in [0.25, 0.3) is 6.08 Å². The largest absolute Gasteiger partial charge is 0.497 e. The molecule has 2 aliphatic rings. The van der Waals surface area contributed by atoms with E-state index in [1.54, 1.807) is 89.4 Å². The number of ether oxygens (including phenoxy) is 9. The second-order valence-electron chi connectivity index (χ2n) is 22.8. The Kier molecular flexibility index (Phi) is 25.3. The second kappa shape index (κ2) is 30.8. The topological polar surface area (TPSA) is 134 Å². The van der Waals surface area contributed by atoms with Gasteiger partial charge in [-0.3, -0.25) is 0 Å². The molecular formula is C64H83F2IO12Si. The Labute approximate surface area is 488 Å². The molecule has 436 valence electrons. The monoisotopic (exact) mass is 1240 g/mol.